The molecule has 1 aromatic carbocycles. The van der Waals surface area contributed by atoms with Crippen LogP contribution in [-0.2, 0) is 72.8 Å². The molecule has 0 aromatic heterocycles. The summed E-state index contributed by atoms with van der Waals surface area (Å²) in [6.07, 6.45) is 0.859. The van der Waals surface area contributed by atoms with E-state index in [-0.39, 0.29) is 61.4 Å². The molecule has 4 rings (SSSR count). The Morgan fingerprint density at radius 2 is 1.46 bits per heavy atom. The van der Waals surface area contributed by atoms with Gasteiger partial charge in [0.25, 0.3) is 0 Å². The fraction of sp³-hybridized carbons (Fsp3) is 0.796. The van der Waals surface area contributed by atoms with Gasteiger partial charge in [0.05, 0.1) is 58.5 Å². The van der Waals surface area contributed by atoms with Crippen LogP contribution in [0.2, 0.25) is 18.1 Å². The number of hydrogen-bond donors (Lipinski definition) is 0. The van der Waals surface area contributed by atoms with Crippen LogP contribution < -0.4 is 4.74 Å². The molecule has 3 aliphatic rings. The molecule has 400 valence electrons. The molecule has 0 N–H and O–H groups in total. The average Bonchev–Trinajstić information content (AvgIpc) is 3.72. The van der Waals surface area contributed by atoms with Gasteiger partial charge >= 0.3 is 17.9 Å². The third kappa shape index (κ3) is 16.8. The average molecular weight is 1010 g/mol. The quantitative estimate of drug-likeness (QED) is 0.0299. The summed E-state index contributed by atoms with van der Waals surface area (Å²) in [4.78, 5) is 39.7. The largest absolute Gasteiger partial charge is 0.497 e. The van der Waals surface area contributed by atoms with Gasteiger partial charge in [0.1, 0.15) is 30.9 Å². The van der Waals surface area contributed by atoms with E-state index in [1.54, 1.807) is 27.2 Å². The zero-order chi connectivity index (χ0) is 52.2. The molecule has 15 nitrogen and oxygen atoms in total. The van der Waals surface area contributed by atoms with Gasteiger partial charge < -0.3 is 56.5 Å². The lowest BCUT2D eigenvalue weighted by Crippen LogP contribution is -2.61. The number of ether oxygens (including phenoxy) is 11. The molecule has 1 spiro atoms. The van der Waals surface area contributed by atoms with Gasteiger partial charge in [0.15, 0.2) is 19.9 Å². The van der Waals surface area contributed by atoms with Gasteiger partial charge in [-0.2, -0.15) is 0 Å². The SMILES string of the molecule is COCO[C@H]([C@@H]1C[C@@H](C)C[C@]2(C[C@@H](C)C[C@@H]([C@@H](O[Si](C)(C)C(C)(C)C)[C@@H](C)C[C@@H](OC(=O)CC(C)C)[C@H](OC(C)=O)[C@@H](C)[C@H](C/C=C(\C)C(=O)OC)OCc3ccc(OC)cc3)O2)O1)C1(C)OCCO1. The Labute approximate surface area is 421 Å². The lowest BCUT2D eigenvalue weighted by atomic mass is 9.79. The number of carbonyl (C=O) groups is 3. The van der Waals surface area contributed by atoms with Gasteiger partial charge in [-0.15, -0.1) is 0 Å². The van der Waals surface area contributed by atoms with E-state index in [1.165, 1.54) is 14.0 Å². The first kappa shape index (κ1) is 59.6. The summed E-state index contributed by atoms with van der Waals surface area (Å²) < 4.78 is 76.0. The molecular weight excluding hydrogens is 917 g/mol. The molecule has 70 heavy (non-hydrogen) atoms. The molecule has 0 saturated carbocycles. The molecule has 0 aliphatic carbocycles. The first-order valence-corrected chi connectivity index (χ1v) is 28.4. The van der Waals surface area contributed by atoms with E-state index in [0.29, 0.717) is 50.2 Å². The minimum atomic E-state index is -2.52. The van der Waals surface area contributed by atoms with Crippen molar-refractivity contribution in [2.45, 2.75) is 207 Å². The van der Waals surface area contributed by atoms with Crippen molar-refractivity contribution in [3.8, 4) is 5.75 Å². The Hall–Kier alpha value is -2.93. The predicted molar refractivity (Wildman–Crippen MR) is 268 cm³/mol. The predicted octanol–water partition coefficient (Wildman–Crippen LogP) is 10.1. The van der Waals surface area contributed by atoms with E-state index in [4.69, 9.17) is 56.5 Å². The zero-order valence-corrected chi connectivity index (χ0v) is 46.7. The summed E-state index contributed by atoms with van der Waals surface area (Å²) in [6.45, 7) is 29.7. The van der Waals surface area contributed by atoms with Crippen molar-refractivity contribution in [1.29, 1.82) is 0 Å². The summed E-state index contributed by atoms with van der Waals surface area (Å²) in [5.41, 5.74) is 1.30. The molecule has 0 bridgehead atoms. The van der Waals surface area contributed by atoms with Crippen molar-refractivity contribution in [2.75, 3.05) is 41.3 Å². The molecule has 1 aromatic rings. The molecule has 0 amide bonds. The number of hydrogen-bond acceptors (Lipinski definition) is 15. The number of benzene rings is 1. The van der Waals surface area contributed by atoms with E-state index in [1.807, 2.05) is 52.0 Å². The summed E-state index contributed by atoms with van der Waals surface area (Å²) >= 11 is 0. The summed E-state index contributed by atoms with van der Waals surface area (Å²) in [5, 5.41) is -0.158. The molecule has 3 saturated heterocycles. The monoisotopic (exact) mass is 1010 g/mol. The molecule has 0 radical (unpaired) electrons. The summed E-state index contributed by atoms with van der Waals surface area (Å²) in [7, 11) is 2.02. The maximum absolute atomic E-state index is 13.9. The normalized spacial score (nSPS) is 26.2. The van der Waals surface area contributed by atoms with E-state index in [0.717, 1.165) is 5.56 Å². The molecule has 3 aliphatic heterocycles. The van der Waals surface area contributed by atoms with Crippen molar-refractivity contribution in [3.05, 3.63) is 41.5 Å². The van der Waals surface area contributed by atoms with Crippen molar-refractivity contribution in [1.82, 2.24) is 0 Å². The van der Waals surface area contributed by atoms with Crippen LogP contribution in [0, 0.1) is 29.6 Å². The van der Waals surface area contributed by atoms with Crippen LogP contribution >= 0.6 is 0 Å². The highest BCUT2D eigenvalue weighted by atomic mass is 28.4. The zero-order valence-electron chi connectivity index (χ0n) is 45.7. The Kier molecular flexibility index (Phi) is 22.4. The number of methoxy groups -OCH3 is 3. The van der Waals surface area contributed by atoms with Gasteiger partial charge in [0, 0.05) is 44.8 Å². The highest BCUT2D eigenvalue weighted by molar-refractivity contribution is 6.74. The summed E-state index contributed by atoms with van der Waals surface area (Å²) in [5.74, 6) is -3.10. The second-order valence-corrected chi connectivity index (χ2v) is 27.2. The second-order valence-electron chi connectivity index (χ2n) is 22.4. The Morgan fingerprint density at radius 1 is 0.857 bits per heavy atom. The van der Waals surface area contributed by atoms with Gasteiger partial charge in [-0.1, -0.05) is 80.5 Å². The Morgan fingerprint density at radius 3 is 2.00 bits per heavy atom. The maximum Gasteiger partial charge on any atom is 0.333 e. The lowest BCUT2D eigenvalue weighted by Gasteiger charge is -2.54. The van der Waals surface area contributed by atoms with Crippen LogP contribution in [0.4, 0.5) is 0 Å². The van der Waals surface area contributed by atoms with Crippen LogP contribution in [0.15, 0.2) is 35.9 Å². The van der Waals surface area contributed by atoms with Crippen molar-refractivity contribution in [2.24, 2.45) is 29.6 Å². The molecule has 3 fully saturated rings. The summed E-state index contributed by atoms with van der Waals surface area (Å²) in [6, 6.07) is 7.57. The molecule has 0 unspecified atom stereocenters. The number of esters is 3. The van der Waals surface area contributed by atoms with E-state index < -0.39 is 86.4 Å². The molecular formula is C54H90O15Si. The van der Waals surface area contributed by atoms with E-state index in [9.17, 15) is 14.4 Å². The van der Waals surface area contributed by atoms with Crippen molar-refractivity contribution >= 4 is 26.2 Å². The molecule has 16 heteroatoms. The fourth-order valence-electron chi connectivity index (χ4n) is 9.99. The van der Waals surface area contributed by atoms with Gasteiger partial charge in [-0.05, 0) is 99.0 Å². The van der Waals surface area contributed by atoms with Crippen LogP contribution in [0.5, 0.6) is 5.75 Å². The maximum atomic E-state index is 13.9. The highest BCUT2D eigenvalue weighted by Crippen LogP contribution is 2.49. The van der Waals surface area contributed by atoms with Gasteiger partial charge in [-0.25, -0.2) is 4.79 Å². The highest BCUT2D eigenvalue weighted by Gasteiger charge is 2.56. The smallest absolute Gasteiger partial charge is 0.333 e. The third-order valence-electron chi connectivity index (χ3n) is 14.6. The lowest BCUT2D eigenvalue weighted by molar-refractivity contribution is -0.367. The fourth-order valence-corrected chi connectivity index (χ4v) is 11.4. The van der Waals surface area contributed by atoms with Gasteiger partial charge in [-0.3, -0.25) is 9.59 Å². The first-order valence-electron chi connectivity index (χ1n) is 25.5. The van der Waals surface area contributed by atoms with Crippen molar-refractivity contribution < 1.29 is 70.9 Å². The van der Waals surface area contributed by atoms with E-state index in [2.05, 4.69) is 54.6 Å². The van der Waals surface area contributed by atoms with Gasteiger partial charge in [0.2, 0.25) is 0 Å². The number of carbonyl (C=O) groups excluding carboxylic acids is 3. The third-order valence-corrected chi connectivity index (χ3v) is 19.1. The Balaban J connectivity index is 1.79. The minimum absolute atomic E-state index is 0.0146. The van der Waals surface area contributed by atoms with Crippen LogP contribution in [0.25, 0.3) is 0 Å². The number of rotatable bonds is 25. The second kappa shape index (κ2) is 26.3. The van der Waals surface area contributed by atoms with Crippen LogP contribution in [0.1, 0.15) is 134 Å². The first-order chi connectivity index (χ1) is 32.8. The van der Waals surface area contributed by atoms with Crippen molar-refractivity contribution in [3.63, 3.8) is 0 Å². The minimum Gasteiger partial charge on any atom is -0.497 e. The molecule has 3 heterocycles. The van der Waals surface area contributed by atoms with E-state index >= 15 is 0 Å². The van der Waals surface area contributed by atoms with Crippen LogP contribution in [-0.4, -0.2) is 122 Å². The Bertz CT molecular complexity index is 1820. The standard InChI is InChI=1S/C54H90O15Si/c1-34(2)26-47(56)66-44(49(65-40(8)55)39(7)43(23-18-37(5)51(57)60-15)61-32-41-19-21-42(59-14)22-20-41)29-38(6)48(69-70(16,17)52(9,10)11)45-27-35(3)30-54(67-45)31-36(4)28-46(68-54)50(62-33-58-13)53(12)63-24-25-64-53/h18-22,34-36,38-39,43-46,48-50H,23-33H2,1-17H3/b37-18+/t35-,36+,38-,39-,43-,44+,45-,46-,48-,49+,50+,54-/m0/s1. The topological polar surface area (TPSA) is 162 Å². The molecule has 12 atom stereocenters. The van der Waals surface area contributed by atoms with Crippen LogP contribution in [0.3, 0.4) is 0 Å².